The lowest BCUT2D eigenvalue weighted by atomic mass is 9.96. The van der Waals surface area contributed by atoms with Crippen molar-refractivity contribution in [2.24, 2.45) is 7.05 Å². The first-order chi connectivity index (χ1) is 13.3. The molecule has 0 radical (unpaired) electrons. The minimum Gasteiger partial charge on any atom is -0.346 e. The van der Waals surface area contributed by atoms with Gasteiger partial charge < -0.3 is 10.3 Å². The van der Waals surface area contributed by atoms with Crippen molar-refractivity contribution in [1.82, 2.24) is 30.0 Å². The van der Waals surface area contributed by atoms with Crippen molar-refractivity contribution in [2.75, 3.05) is 0 Å². The number of halogens is 3. The number of hydrogen-bond acceptors (Lipinski definition) is 4. The summed E-state index contributed by atoms with van der Waals surface area (Å²) < 4.78 is 41.2. The average Bonchev–Trinajstić information content (AvgIpc) is 3.26. The van der Waals surface area contributed by atoms with Crippen molar-refractivity contribution in [3.63, 3.8) is 0 Å². The van der Waals surface area contributed by atoms with Gasteiger partial charge in [-0.05, 0) is 18.9 Å². The third-order valence-electron chi connectivity index (χ3n) is 4.78. The summed E-state index contributed by atoms with van der Waals surface area (Å²) in [7, 11) is 1.63. The van der Waals surface area contributed by atoms with Crippen molar-refractivity contribution < 1.29 is 18.0 Å². The Labute approximate surface area is 158 Å². The summed E-state index contributed by atoms with van der Waals surface area (Å²) in [6.07, 6.45) is -1.50. The van der Waals surface area contributed by atoms with Gasteiger partial charge in [-0.25, -0.2) is 14.6 Å². The molecule has 7 nitrogen and oxygen atoms in total. The molecule has 2 heterocycles. The summed E-state index contributed by atoms with van der Waals surface area (Å²) in [6.45, 7) is 0. The molecular weight excluding hydrogens is 373 g/mol. The van der Waals surface area contributed by atoms with Gasteiger partial charge in [0.15, 0.2) is 0 Å². The van der Waals surface area contributed by atoms with E-state index < -0.39 is 11.7 Å². The van der Waals surface area contributed by atoms with Gasteiger partial charge in [0.1, 0.15) is 12.2 Å². The standard InChI is InChI=1S/C18H17F3N6O/c1-27-16(22-9-23-27)17(28)24-10-6-7-13-14(8-10)26-15(25-13)11-4-2-3-5-12(11)18(19,20)21/h2-5,9-10H,6-8H2,1H3,(H,24,28)(H,25,26). The number of H-pyrrole nitrogens is 1. The predicted octanol–water partition coefficient (Wildman–Crippen LogP) is 2.51. The van der Waals surface area contributed by atoms with Crippen LogP contribution in [0.25, 0.3) is 11.4 Å². The Morgan fingerprint density at radius 1 is 1.32 bits per heavy atom. The molecule has 1 amide bonds. The molecule has 0 saturated carbocycles. The zero-order valence-electron chi connectivity index (χ0n) is 14.9. The monoisotopic (exact) mass is 390 g/mol. The van der Waals surface area contributed by atoms with Gasteiger partial charge in [-0.15, -0.1) is 0 Å². The van der Waals surface area contributed by atoms with Crippen LogP contribution in [0.15, 0.2) is 30.6 Å². The highest BCUT2D eigenvalue weighted by Crippen LogP contribution is 2.36. The summed E-state index contributed by atoms with van der Waals surface area (Å²) in [5.41, 5.74) is 0.759. The summed E-state index contributed by atoms with van der Waals surface area (Å²) >= 11 is 0. The smallest absolute Gasteiger partial charge is 0.346 e. The number of carbonyl (C=O) groups is 1. The third-order valence-corrected chi connectivity index (χ3v) is 4.78. The van der Waals surface area contributed by atoms with Crippen LogP contribution in [0, 0.1) is 0 Å². The van der Waals surface area contributed by atoms with Crippen molar-refractivity contribution in [1.29, 1.82) is 0 Å². The first-order valence-electron chi connectivity index (χ1n) is 8.72. The average molecular weight is 390 g/mol. The molecule has 146 valence electrons. The molecule has 1 atom stereocenters. The lowest BCUT2D eigenvalue weighted by molar-refractivity contribution is -0.137. The lowest BCUT2D eigenvalue weighted by Gasteiger charge is -2.22. The fourth-order valence-electron chi connectivity index (χ4n) is 3.42. The Morgan fingerprint density at radius 2 is 2.11 bits per heavy atom. The SMILES string of the molecule is Cn1ncnc1C(=O)NC1CCc2nc(-c3ccccc3C(F)(F)F)[nH]c2C1. The van der Waals surface area contributed by atoms with Crippen molar-refractivity contribution in [3.05, 3.63) is 53.4 Å². The number of carbonyl (C=O) groups excluding carboxylic acids is 1. The number of rotatable bonds is 3. The second-order valence-electron chi connectivity index (χ2n) is 6.67. The first-order valence-corrected chi connectivity index (χ1v) is 8.72. The number of imidazole rings is 1. The van der Waals surface area contributed by atoms with E-state index >= 15 is 0 Å². The van der Waals surface area contributed by atoms with Gasteiger partial charge in [0, 0.05) is 30.8 Å². The van der Waals surface area contributed by atoms with Crippen LogP contribution < -0.4 is 5.32 Å². The van der Waals surface area contributed by atoms with E-state index in [2.05, 4.69) is 25.4 Å². The molecule has 1 aliphatic carbocycles. The normalized spacial score (nSPS) is 16.6. The highest BCUT2D eigenvalue weighted by molar-refractivity contribution is 5.90. The molecule has 0 spiro atoms. The summed E-state index contributed by atoms with van der Waals surface area (Å²) in [4.78, 5) is 23.6. The number of nitrogens with zero attached hydrogens (tertiary/aromatic N) is 4. The Morgan fingerprint density at radius 3 is 2.82 bits per heavy atom. The number of benzene rings is 1. The van der Waals surface area contributed by atoms with Gasteiger partial charge in [-0.1, -0.05) is 18.2 Å². The van der Waals surface area contributed by atoms with Crippen LogP contribution in [0.2, 0.25) is 0 Å². The van der Waals surface area contributed by atoms with E-state index in [1.54, 1.807) is 13.1 Å². The number of alkyl halides is 3. The molecule has 28 heavy (non-hydrogen) atoms. The van der Waals surface area contributed by atoms with Crippen molar-refractivity contribution >= 4 is 5.91 Å². The molecular formula is C18H17F3N6O. The van der Waals surface area contributed by atoms with Gasteiger partial charge in [0.25, 0.3) is 5.91 Å². The van der Waals surface area contributed by atoms with Gasteiger partial charge in [0.2, 0.25) is 5.82 Å². The zero-order chi connectivity index (χ0) is 19.9. The van der Waals surface area contributed by atoms with E-state index in [9.17, 15) is 18.0 Å². The van der Waals surface area contributed by atoms with E-state index in [1.165, 1.54) is 23.1 Å². The second kappa shape index (κ2) is 6.77. The van der Waals surface area contributed by atoms with Crippen molar-refractivity contribution in [2.45, 2.75) is 31.5 Å². The molecule has 2 N–H and O–H groups in total. The molecule has 1 aliphatic rings. The predicted molar refractivity (Wildman–Crippen MR) is 93.3 cm³/mol. The summed E-state index contributed by atoms with van der Waals surface area (Å²) in [6, 6.07) is 5.19. The molecule has 10 heteroatoms. The second-order valence-corrected chi connectivity index (χ2v) is 6.67. The third kappa shape index (κ3) is 3.37. The molecule has 1 unspecified atom stereocenters. The number of aryl methyl sites for hydroxylation is 2. The van der Waals surface area contributed by atoms with Crippen LogP contribution in [0.3, 0.4) is 0 Å². The maximum absolute atomic E-state index is 13.3. The first kappa shape index (κ1) is 18.2. The number of nitrogens with one attached hydrogen (secondary N) is 2. The molecule has 4 rings (SSSR count). The van der Waals surface area contributed by atoms with Crippen LogP contribution in [-0.2, 0) is 26.1 Å². The Balaban J connectivity index is 1.55. The molecule has 0 bridgehead atoms. The number of fused-ring (bicyclic) bond motifs is 1. The molecule has 1 aromatic carbocycles. The Kier molecular flexibility index (Phi) is 4.40. The molecule has 2 aromatic heterocycles. The van der Waals surface area contributed by atoms with E-state index in [0.717, 1.165) is 17.5 Å². The van der Waals surface area contributed by atoms with Crippen LogP contribution in [0.5, 0.6) is 0 Å². The maximum atomic E-state index is 13.3. The molecule has 0 aliphatic heterocycles. The largest absolute Gasteiger partial charge is 0.417 e. The van der Waals surface area contributed by atoms with Gasteiger partial charge in [-0.2, -0.15) is 18.3 Å². The Hall–Kier alpha value is -3.17. The number of amides is 1. The molecule has 0 fully saturated rings. The van der Waals surface area contributed by atoms with Gasteiger partial charge in [0.05, 0.1) is 11.3 Å². The maximum Gasteiger partial charge on any atom is 0.417 e. The van der Waals surface area contributed by atoms with Gasteiger partial charge in [-0.3, -0.25) is 4.79 Å². The molecule has 3 aromatic rings. The van der Waals surface area contributed by atoms with Crippen molar-refractivity contribution in [3.8, 4) is 11.4 Å². The highest BCUT2D eigenvalue weighted by Gasteiger charge is 2.34. The van der Waals surface area contributed by atoms with E-state index in [4.69, 9.17) is 0 Å². The fraction of sp³-hybridized carbons (Fsp3) is 0.333. The van der Waals surface area contributed by atoms with E-state index in [0.29, 0.717) is 19.3 Å². The topological polar surface area (TPSA) is 88.5 Å². The lowest BCUT2D eigenvalue weighted by Crippen LogP contribution is -2.40. The highest BCUT2D eigenvalue weighted by atomic mass is 19.4. The summed E-state index contributed by atoms with van der Waals surface area (Å²) in [5.74, 6) is 0.0593. The van der Waals surface area contributed by atoms with Crippen LogP contribution in [0.1, 0.15) is 34.0 Å². The van der Waals surface area contributed by atoms with Crippen LogP contribution in [0.4, 0.5) is 13.2 Å². The van der Waals surface area contributed by atoms with Crippen LogP contribution in [-0.4, -0.2) is 36.7 Å². The number of aromatic nitrogens is 5. The van der Waals surface area contributed by atoms with Gasteiger partial charge >= 0.3 is 6.18 Å². The minimum absolute atomic E-state index is 0.0177. The fourth-order valence-corrected chi connectivity index (χ4v) is 3.42. The quantitative estimate of drug-likeness (QED) is 0.719. The number of hydrogen-bond donors (Lipinski definition) is 2. The molecule has 0 saturated heterocycles. The van der Waals surface area contributed by atoms with E-state index in [1.807, 2.05) is 0 Å². The Bertz CT molecular complexity index is 1020. The summed E-state index contributed by atoms with van der Waals surface area (Å²) in [5, 5.41) is 6.77. The zero-order valence-corrected chi connectivity index (χ0v) is 14.9. The number of aromatic amines is 1. The van der Waals surface area contributed by atoms with E-state index in [-0.39, 0.29) is 29.2 Å². The minimum atomic E-state index is -4.46. The van der Waals surface area contributed by atoms with Crippen LogP contribution >= 0.6 is 0 Å².